The lowest BCUT2D eigenvalue weighted by Gasteiger charge is -2.31. The molecule has 0 radical (unpaired) electrons. The van der Waals surface area contributed by atoms with Gasteiger partial charge in [-0.15, -0.1) is 0 Å². The number of carboxylic acids is 1. The lowest BCUT2D eigenvalue weighted by atomic mass is 10.00. The summed E-state index contributed by atoms with van der Waals surface area (Å²) in [5.41, 5.74) is 2.92. The highest BCUT2D eigenvalue weighted by molar-refractivity contribution is 5.96. The SMILES string of the molecule is CN(C)CCN1C(=O)CCc2cc(N(C)CC(=O)O)ccc21. The Morgan fingerprint density at radius 2 is 2.00 bits per heavy atom. The van der Waals surface area contributed by atoms with Gasteiger partial charge in [-0.1, -0.05) is 0 Å². The van der Waals surface area contributed by atoms with E-state index in [2.05, 4.69) is 4.90 Å². The second-order valence-corrected chi connectivity index (χ2v) is 5.91. The topological polar surface area (TPSA) is 64.1 Å². The molecule has 0 bridgehead atoms. The van der Waals surface area contributed by atoms with Crippen LogP contribution in [0.4, 0.5) is 11.4 Å². The lowest BCUT2D eigenvalue weighted by molar-refractivity contribution is -0.135. The molecule has 0 aromatic heterocycles. The van der Waals surface area contributed by atoms with Crippen LogP contribution < -0.4 is 9.80 Å². The number of carbonyl (C=O) groups excluding carboxylic acids is 1. The molecule has 0 unspecified atom stereocenters. The minimum Gasteiger partial charge on any atom is -0.480 e. The van der Waals surface area contributed by atoms with E-state index in [1.807, 2.05) is 37.2 Å². The molecule has 22 heavy (non-hydrogen) atoms. The van der Waals surface area contributed by atoms with Crippen LogP contribution in [0.5, 0.6) is 0 Å². The maximum absolute atomic E-state index is 12.2. The van der Waals surface area contributed by atoms with E-state index in [0.29, 0.717) is 19.4 Å². The zero-order valence-corrected chi connectivity index (χ0v) is 13.4. The zero-order chi connectivity index (χ0) is 16.3. The number of hydrogen-bond donors (Lipinski definition) is 1. The van der Waals surface area contributed by atoms with Gasteiger partial charge in [0.25, 0.3) is 0 Å². The fourth-order valence-electron chi connectivity index (χ4n) is 2.62. The summed E-state index contributed by atoms with van der Waals surface area (Å²) in [4.78, 5) is 28.6. The fourth-order valence-corrected chi connectivity index (χ4v) is 2.62. The van der Waals surface area contributed by atoms with Crippen molar-refractivity contribution < 1.29 is 14.7 Å². The number of nitrogens with zero attached hydrogens (tertiary/aromatic N) is 3. The van der Waals surface area contributed by atoms with Gasteiger partial charge in [0.2, 0.25) is 5.91 Å². The van der Waals surface area contributed by atoms with Crippen molar-refractivity contribution in [2.45, 2.75) is 12.8 Å². The van der Waals surface area contributed by atoms with Crippen LogP contribution in [-0.2, 0) is 16.0 Å². The Hall–Kier alpha value is -2.08. The summed E-state index contributed by atoms with van der Waals surface area (Å²) in [7, 11) is 5.73. The molecule has 1 aromatic carbocycles. The molecule has 6 nitrogen and oxygen atoms in total. The number of amides is 1. The van der Waals surface area contributed by atoms with Crippen LogP contribution in [0.3, 0.4) is 0 Å². The molecular formula is C16H23N3O3. The minimum atomic E-state index is -0.858. The number of hydrogen-bond acceptors (Lipinski definition) is 4. The predicted molar refractivity (Wildman–Crippen MR) is 86.6 cm³/mol. The molecular weight excluding hydrogens is 282 g/mol. The van der Waals surface area contributed by atoms with Crippen LogP contribution >= 0.6 is 0 Å². The average molecular weight is 305 g/mol. The van der Waals surface area contributed by atoms with E-state index in [9.17, 15) is 9.59 Å². The summed E-state index contributed by atoms with van der Waals surface area (Å²) >= 11 is 0. The van der Waals surface area contributed by atoms with Gasteiger partial charge < -0.3 is 19.8 Å². The Labute approximate surface area is 130 Å². The summed E-state index contributed by atoms with van der Waals surface area (Å²) in [6.07, 6.45) is 1.22. The first kappa shape index (κ1) is 16.3. The van der Waals surface area contributed by atoms with E-state index in [1.165, 1.54) is 0 Å². The molecule has 0 saturated carbocycles. The van der Waals surface area contributed by atoms with Crippen LogP contribution in [0, 0.1) is 0 Å². The maximum Gasteiger partial charge on any atom is 0.323 e. The number of anilines is 2. The number of likely N-dealkylation sites (N-methyl/N-ethyl adjacent to an activating group) is 2. The first-order valence-corrected chi connectivity index (χ1v) is 7.39. The number of fused-ring (bicyclic) bond motifs is 1. The smallest absolute Gasteiger partial charge is 0.323 e. The highest BCUT2D eigenvalue weighted by Gasteiger charge is 2.24. The van der Waals surface area contributed by atoms with E-state index >= 15 is 0 Å². The molecule has 0 aliphatic carbocycles. The van der Waals surface area contributed by atoms with Crippen LogP contribution in [0.1, 0.15) is 12.0 Å². The summed E-state index contributed by atoms with van der Waals surface area (Å²) in [6.45, 7) is 1.44. The van der Waals surface area contributed by atoms with Gasteiger partial charge in [0.1, 0.15) is 6.54 Å². The van der Waals surface area contributed by atoms with E-state index in [4.69, 9.17) is 5.11 Å². The molecule has 0 fully saturated rings. The van der Waals surface area contributed by atoms with Crippen LogP contribution in [0.15, 0.2) is 18.2 Å². The minimum absolute atomic E-state index is 0.0396. The van der Waals surface area contributed by atoms with Crippen molar-refractivity contribution in [1.29, 1.82) is 0 Å². The third kappa shape index (κ3) is 3.76. The molecule has 1 aliphatic rings. The van der Waals surface area contributed by atoms with Crippen molar-refractivity contribution in [1.82, 2.24) is 4.90 Å². The van der Waals surface area contributed by atoms with Crippen molar-refractivity contribution in [3.63, 3.8) is 0 Å². The first-order valence-electron chi connectivity index (χ1n) is 7.39. The molecule has 1 aliphatic heterocycles. The molecule has 1 amide bonds. The van der Waals surface area contributed by atoms with Crippen molar-refractivity contribution >= 4 is 23.3 Å². The second kappa shape index (κ2) is 6.79. The summed E-state index contributed by atoms with van der Waals surface area (Å²) < 4.78 is 0. The number of aryl methyl sites for hydroxylation is 1. The highest BCUT2D eigenvalue weighted by atomic mass is 16.4. The third-order valence-electron chi connectivity index (χ3n) is 3.85. The zero-order valence-electron chi connectivity index (χ0n) is 13.4. The van der Waals surface area contributed by atoms with Gasteiger partial charge in [-0.3, -0.25) is 9.59 Å². The number of aliphatic carboxylic acids is 1. The normalized spacial score (nSPS) is 14.2. The van der Waals surface area contributed by atoms with Gasteiger partial charge in [-0.25, -0.2) is 0 Å². The van der Waals surface area contributed by atoms with Gasteiger partial charge in [0.05, 0.1) is 0 Å². The molecule has 2 rings (SSSR count). The summed E-state index contributed by atoms with van der Waals surface area (Å²) in [5, 5.41) is 8.88. The third-order valence-corrected chi connectivity index (χ3v) is 3.85. The molecule has 1 aromatic rings. The van der Waals surface area contributed by atoms with Crippen molar-refractivity contribution in [3.8, 4) is 0 Å². The van der Waals surface area contributed by atoms with Gasteiger partial charge in [0, 0.05) is 37.9 Å². The Kier molecular flexibility index (Phi) is 5.03. The van der Waals surface area contributed by atoms with E-state index in [-0.39, 0.29) is 12.5 Å². The standard InChI is InChI=1S/C16H23N3O3/c1-17(2)8-9-19-14-6-5-13(18(3)11-16(21)22)10-12(14)4-7-15(19)20/h5-6,10H,4,7-9,11H2,1-3H3,(H,21,22). The van der Waals surface area contributed by atoms with Gasteiger partial charge in [-0.2, -0.15) is 0 Å². The Bertz CT molecular complexity index is 572. The van der Waals surface area contributed by atoms with E-state index in [1.54, 1.807) is 11.9 Å². The Morgan fingerprint density at radius 3 is 2.64 bits per heavy atom. The number of carbonyl (C=O) groups is 2. The van der Waals surface area contributed by atoms with Crippen LogP contribution in [0.2, 0.25) is 0 Å². The van der Waals surface area contributed by atoms with Crippen LogP contribution in [0.25, 0.3) is 0 Å². The van der Waals surface area contributed by atoms with E-state index < -0.39 is 5.97 Å². The molecule has 1 heterocycles. The average Bonchev–Trinajstić information content (AvgIpc) is 2.44. The summed E-state index contributed by atoms with van der Waals surface area (Å²) in [6, 6.07) is 5.80. The lowest BCUT2D eigenvalue weighted by Crippen LogP contribution is -2.39. The quantitative estimate of drug-likeness (QED) is 0.851. The maximum atomic E-state index is 12.2. The molecule has 0 saturated heterocycles. The Morgan fingerprint density at radius 1 is 1.27 bits per heavy atom. The summed E-state index contributed by atoms with van der Waals surface area (Å²) in [5.74, 6) is -0.705. The molecule has 6 heteroatoms. The van der Waals surface area contributed by atoms with Crippen molar-refractivity contribution in [3.05, 3.63) is 23.8 Å². The van der Waals surface area contributed by atoms with Gasteiger partial charge in [0.15, 0.2) is 0 Å². The number of benzene rings is 1. The monoisotopic (exact) mass is 305 g/mol. The fraction of sp³-hybridized carbons (Fsp3) is 0.500. The molecule has 1 N–H and O–H groups in total. The molecule has 120 valence electrons. The van der Waals surface area contributed by atoms with E-state index in [0.717, 1.165) is 23.5 Å². The Balaban J connectivity index is 2.22. The number of carboxylic acid groups (broad SMARTS) is 1. The highest BCUT2D eigenvalue weighted by Crippen LogP contribution is 2.31. The molecule has 0 spiro atoms. The van der Waals surface area contributed by atoms with Gasteiger partial charge in [-0.05, 0) is 44.3 Å². The first-order chi connectivity index (χ1) is 10.4. The van der Waals surface area contributed by atoms with Gasteiger partial charge >= 0.3 is 5.97 Å². The largest absolute Gasteiger partial charge is 0.480 e. The predicted octanol–water partition coefficient (Wildman–Crippen LogP) is 1.05. The van der Waals surface area contributed by atoms with Crippen LogP contribution in [-0.4, -0.2) is 62.7 Å². The second-order valence-electron chi connectivity index (χ2n) is 5.91. The van der Waals surface area contributed by atoms with Crippen molar-refractivity contribution in [2.24, 2.45) is 0 Å². The molecule has 0 atom stereocenters. The number of rotatable bonds is 6. The van der Waals surface area contributed by atoms with Crippen molar-refractivity contribution in [2.75, 3.05) is 50.6 Å².